The number of amides is 1. The highest BCUT2D eigenvalue weighted by atomic mass is 16.4. The van der Waals surface area contributed by atoms with Crippen LogP contribution in [0.5, 0.6) is 0 Å². The van der Waals surface area contributed by atoms with Crippen molar-refractivity contribution in [3.63, 3.8) is 0 Å². The smallest absolute Gasteiger partial charge is 0.339 e. The number of carbonyl (C=O) groups excluding carboxylic acids is 1. The average molecular weight is 387 g/mol. The average Bonchev–Trinajstić information content (AvgIpc) is 3.24. The molecule has 1 aliphatic rings. The monoisotopic (exact) mass is 387 g/mol. The minimum Gasteiger partial charge on any atom is -0.478 e. The van der Waals surface area contributed by atoms with Gasteiger partial charge in [0.2, 0.25) is 0 Å². The van der Waals surface area contributed by atoms with Gasteiger partial charge in [-0.2, -0.15) is 10.2 Å². The van der Waals surface area contributed by atoms with E-state index in [9.17, 15) is 14.7 Å². The van der Waals surface area contributed by atoms with Crippen molar-refractivity contribution in [3.8, 4) is 0 Å². The molecule has 3 rings (SSSR count). The van der Waals surface area contributed by atoms with Gasteiger partial charge in [-0.15, -0.1) is 0 Å². The van der Waals surface area contributed by atoms with Crippen LogP contribution in [-0.4, -0.2) is 54.5 Å². The fourth-order valence-electron chi connectivity index (χ4n) is 3.95. The molecule has 28 heavy (non-hydrogen) atoms. The van der Waals surface area contributed by atoms with E-state index in [2.05, 4.69) is 31.0 Å². The standard InChI is InChI=1S/C20H29N5O3/c1-5-18-17(11-21-24(18)12-13(2)3)19(26)23-8-6-15(7-9-23)25-14(4)16(10-22-25)20(27)28/h10-11,13,15H,5-9,12H2,1-4H3,(H,27,28). The maximum absolute atomic E-state index is 13.1. The molecule has 3 heterocycles. The van der Waals surface area contributed by atoms with Crippen molar-refractivity contribution in [2.75, 3.05) is 13.1 Å². The van der Waals surface area contributed by atoms with Gasteiger partial charge < -0.3 is 10.0 Å². The van der Waals surface area contributed by atoms with E-state index >= 15 is 0 Å². The number of piperidine rings is 1. The summed E-state index contributed by atoms with van der Waals surface area (Å²) in [5, 5.41) is 17.9. The topological polar surface area (TPSA) is 93.2 Å². The van der Waals surface area contributed by atoms with Crippen LogP contribution < -0.4 is 0 Å². The van der Waals surface area contributed by atoms with E-state index in [1.165, 1.54) is 6.20 Å². The molecule has 0 spiro atoms. The maximum Gasteiger partial charge on any atom is 0.339 e. The van der Waals surface area contributed by atoms with Crippen molar-refractivity contribution >= 4 is 11.9 Å². The Morgan fingerprint density at radius 1 is 1.18 bits per heavy atom. The second-order valence-electron chi connectivity index (χ2n) is 7.85. The maximum atomic E-state index is 13.1. The first-order valence-electron chi connectivity index (χ1n) is 9.94. The van der Waals surface area contributed by atoms with Gasteiger partial charge in [-0.25, -0.2) is 4.79 Å². The number of carboxylic acids is 1. The Labute approximate surface area is 165 Å². The molecule has 1 aliphatic heterocycles. The van der Waals surface area contributed by atoms with Crippen LogP contribution in [-0.2, 0) is 13.0 Å². The van der Waals surface area contributed by atoms with Crippen LogP contribution in [0.3, 0.4) is 0 Å². The number of hydrogen-bond acceptors (Lipinski definition) is 4. The Balaban J connectivity index is 1.69. The Hall–Kier alpha value is -2.64. The number of carboxylic acid groups (broad SMARTS) is 1. The zero-order valence-corrected chi connectivity index (χ0v) is 17.1. The second kappa shape index (κ2) is 8.16. The van der Waals surface area contributed by atoms with E-state index in [1.54, 1.807) is 17.8 Å². The lowest BCUT2D eigenvalue weighted by molar-refractivity contribution is 0.0687. The van der Waals surface area contributed by atoms with Crippen LogP contribution >= 0.6 is 0 Å². The Kier molecular flexibility index (Phi) is 5.86. The summed E-state index contributed by atoms with van der Waals surface area (Å²) >= 11 is 0. The summed E-state index contributed by atoms with van der Waals surface area (Å²) in [4.78, 5) is 26.2. The third kappa shape index (κ3) is 3.81. The van der Waals surface area contributed by atoms with Crippen molar-refractivity contribution in [2.24, 2.45) is 5.92 Å². The summed E-state index contributed by atoms with van der Waals surface area (Å²) in [6.45, 7) is 10.2. The number of nitrogens with zero attached hydrogens (tertiary/aromatic N) is 5. The first kappa shape index (κ1) is 20.1. The summed E-state index contributed by atoms with van der Waals surface area (Å²) in [5.74, 6) is -0.451. The molecule has 0 aromatic carbocycles. The number of rotatable bonds is 6. The largest absolute Gasteiger partial charge is 0.478 e. The lowest BCUT2D eigenvalue weighted by Crippen LogP contribution is -2.39. The molecule has 0 saturated carbocycles. The summed E-state index contributed by atoms with van der Waals surface area (Å²) in [6.07, 6.45) is 5.40. The molecule has 2 aromatic rings. The summed E-state index contributed by atoms with van der Waals surface area (Å²) in [5.41, 5.74) is 2.60. The normalized spacial score (nSPS) is 15.4. The fraction of sp³-hybridized carbons (Fsp3) is 0.600. The Morgan fingerprint density at radius 3 is 2.36 bits per heavy atom. The van der Waals surface area contributed by atoms with Gasteiger partial charge >= 0.3 is 5.97 Å². The lowest BCUT2D eigenvalue weighted by Gasteiger charge is -2.32. The molecule has 1 amide bonds. The van der Waals surface area contributed by atoms with E-state index in [0.717, 1.165) is 31.5 Å². The quantitative estimate of drug-likeness (QED) is 0.823. The van der Waals surface area contributed by atoms with E-state index in [1.807, 2.05) is 9.58 Å². The summed E-state index contributed by atoms with van der Waals surface area (Å²) in [7, 11) is 0. The molecule has 0 radical (unpaired) electrons. The van der Waals surface area contributed by atoms with E-state index in [-0.39, 0.29) is 17.5 Å². The van der Waals surface area contributed by atoms with Crippen LogP contribution in [0, 0.1) is 12.8 Å². The van der Waals surface area contributed by atoms with Crippen molar-refractivity contribution in [1.29, 1.82) is 0 Å². The molecule has 1 N–H and O–H groups in total. The lowest BCUT2D eigenvalue weighted by atomic mass is 10.0. The van der Waals surface area contributed by atoms with Gasteiger partial charge in [0.1, 0.15) is 5.56 Å². The van der Waals surface area contributed by atoms with Gasteiger partial charge in [-0.05, 0) is 32.1 Å². The molecule has 152 valence electrons. The molecule has 0 unspecified atom stereocenters. The Morgan fingerprint density at radius 2 is 1.82 bits per heavy atom. The molecule has 8 nitrogen and oxygen atoms in total. The van der Waals surface area contributed by atoms with Gasteiger partial charge in [-0.1, -0.05) is 20.8 Å². The number of carbonyl (C=O) groups is 2. The van der Waals surface area contributed by atoms with E-state index in [4.69, 9.17) is 0 Å². The first-order chi connectivity index (χ1) is 13.3. The number of aromatic nitrogens is 4. The van der Waals surface area contributed by atoms with Crippen molar-refractivity contribution in [2.45, 2.75) is 59.5 Å². The molecule has 8 heteroatoms. The molecule has 1 fully saturated rings. The van der Waals surface area contributed by atoms with Crippen LogP contribution in [0.15, 0.2) is 12.4 Å². The van der Waals surface area contributed by atoms with Crippen molar-refractivity contribution in [1.82, 2.24) is 24.5 Å². The molecule has 1 saturated heterocycles. The summed E-state index contributed by atoms with van der Waals surface area (Å²) < 4.78 is 3.74. The Bertz CT molecular complexity index is 859. The van der Waals surface area contributed by atoms with Crippen LogP contribution in [0.25, 0.3) is 0 Å². The number of likely N-dealkylation sites (tertiary alicyclic amines) is 1. The van der Waals surface area contributed by atoms with Gasteiger partial charge in [-0.3, -0.25) is 14.2 Å². The highest BCUT2D eigenvalue weighted by Gasteiger charge is 2.29. The van der Waals surface area contributed by atoms with Crippen LogP contribution in [0.4, 0.5) is 0 Å². The minimum absolute atomic E-state index is 0.0359. The highest BCUT2D eigenvalue weighted by molar-refractivity contribution is 5.95. The molecular weight excluding hydrogens is 358 g/mol. The van der Waals surface area contributed by atoms with E-state index < -0.39 is 5.97 Å². The first-order valence-corrected chi connectivity index (χ1v) is 9.94. The summed E-state index contributed by atoms with van der Waals surface area (Å²) in [6, 6.07) is 0.117. The molecule has 0 bridgehead atoms. The van der Waals surface area contributed by atoms with Gasteiger partial charge in [0.05, 0.1) is 35.4 Å². The molecule has 0 atom stereocenters. The molecule has 2 aromatic heterocycles. The predicted octanol–water partition coefficient (Wildman–Crippen LogP) is 2.78. The molecular formula is C20H29N5O3. The van der Waals surface area contributed by atoms with Crippen molar-refractivity contribution < 1.29 is 14.7 Å². The van der Waals surface area contributed by atoms with Gasteiger partial charge in [0.25, 0.3) is 5.91 Å². The molecule has 0 aliphatic carbocycles. The minimum atomic E-state index is -0.957. The third-order valence-electron chi connectivity index (χ3n) is 5.42. The van der Waals surface area contributed by atoms with Crippen LogP contribution in [0.1, 0.15) is 71.8 Å². The predicted molar refractivity (Wildman–Crippen MR) is 105 cm³/mol. The van der Waals surface area contributed by atoms with Crippen LogP contribution in [0.2, 0.25) is 0 Å². The second-order valence-corrected chi connectivity index (χ2v) is 7.85. The fourth-order valence-corrected chi connectivity index (χ4v) is 3.95. The third-order valence-corrected chi connectivity index (χ3v) is 5.42. The number of aromatic carboxylic acids is 1. The van der Waals surface area contributed by atoms with Gasteiger partial charge in [0, 0.05) is 19.6 Å². The SMILES string of the molecule is CCc1c(C(=O)N2CCC(n3ncc(C(=O)O)c3C)CC2)cnn1CC(C)C. The van der Waals surface area contributed by atoms with Crippen molar-refractivity contribution in [3.05, 3.63) is 34.9 Å². The zero-order chi connectivity index (χ0) is 20.4. The highest BCUT2D eigenvalue weighted by Crippen LogP contribution is 2.26. The number of hydrogen-bond donors (Lipinski definition) is 1. The van der Waals surface area contributed by atoms with Gasteiger partial charge in [0.15, 0.2) is 0 Å². The van der Waals surface area contributed by atoms with E-state index in [0.29, 0.717) is 30.3 Å². The zero-order valence-electron chi connectivity index (χ0n) is 17.1.